The number of halogens is 1. The van der Waals surface area contributed by atoms with Crippen LogP contribution in [0.2, 0.25) is 4.34 Å². The first-order valence-corrected chi connectivity index (χ1v) is 6.49. The van der Waals surface area contributed by atoms with E-state index >= 15 is 0 Å². The van der Waals surface area contributed by atoms with Gasteiger partial charge in [0.2, 0.25) is 0 Å². The normalized spacial score (nSPS) is 12.9. The molecule has 1 aromatic rings. The average molecular weight is 278 g/mol. The van der Waals surface area contributed by atoms with Crippen LogP contribution in [-0.4, -0.2) is 42.8 Å². The van der Waals surface area contributed by atoms with Crippen molar-refractivity contribution in [1.29, 1.82) is 0 Å². The first-order chi connectivity index (χ1) is 8.04. The first kappa shape index (κ1) is 14.4. The summed E-state index contributed by atoms with van der Waals surface area (Å²) >= 11 is 7.33. The molecule has 1 N–H and O–H groups in total. The Labute approximate surface area is 110 Å². The number of aliphatic carboxylic acids is 1. The Balaban J connectivity index is 2.70. The van der Waals surface area contributed by atoms with Crippen LogP contribution in [0.1, 0.15) is 18.5 Å². The smallest absolute Gasteiger partial charge is 0.317 e. The molecule has 1 heterocycles. The van der Waals surface area contributed by atoms with Gasteiger partial charge in [0, 0.05) is 19.7 Å². The number of rotatable bonds is 7. The summed E-state index contributed by atoms with van der Waals surface area (Å²) < 4.78 is 5.70. The number of ether oxygens (including phenoxy) is 1. The van der Waals surface area contributed by atoms with Crippen molar-refractivity contribution in [3.63, 3.8) is 0 Å². The Hall–Kier alpha value is -0.620. The van der Waals surface area contributed by atoms with E-state index in [9.17, 15) is 4.79 Å². The quantitative estimate of drug-likeness (QED) is 0.832. The molecule has 4 nitrogen and oxygen atoms in total. The van der Waals surface area contributed by atoms with Gasteiger partial charge in [-0.2, -0.15) is 0 Å². The van der Waals surface area contributed by atoms with Crippen molar-refractivity contribution in [2.24, 2.45) is 0 Å². The van der Waals surface area contributed by atoms with E-state index in [4.69, 9.17) is 21.4 Å². The predicted octanol–water partition coefficient (Wildman–Crippen LogP) is 2.50. The van der Waals surface area contributed by atoms with E-state index < -0.39 is 5.97 Å². The highest BCUT2D eigenvalue weighted by atomic mass is 35.5. The Bertz CT molecular complexity index is 369. The van der Waals surface area contributed by atoms with Gasteiger partial charge in [-0.25, -0.2) is 0 Å². The minimum absolute atomic E-state index is 0.00199. The van der Waals surface area contributed by atoms with Crippen molar-refractivity contribution < 1.29 is 14.6 Å². The Morgan fingerprint density at radius 1 is 1.71 bits per heavy atom. The molecular weight excluding hydrogens is 262 g/mol. The molecule has 1 rings (SSSR count). The van der Waals surface area contributed by atoms with Crippen LogP contribution in [0.4, 0.5) is 0 Å². The lowest BCUT2D eigenvalue weighted by molar-refractivity contribution is -0.139. The van der Waals surface area contributed by atoms with Gasteiger partial charge in [0.05, 0.1) is 17.5 Å². The third-order valence-electron chi connectivity index (χ3n) is 2.54. The molecule has 0 fully saturated rings. The summed E-state index contributed by atoms with van der Waals surface area (Å²) in [5.41, 5.74) is 1.04. The zero-order chi connectivity index (χ0) is 12.8. The van der Waals surface area contributed by atoms with Gasteiger partial charge in [-0.15, -0.1) is 11.3 Å². The molecule has 6 heteroatoms. The number of carboxylic acid groups (broad SMARTS) is 1. The second kappa shape index (κ2) is 6.96. The van der Waals surface area contributed by atoms with Crippen molar-refractivity contribution in [3.05, 3.63) is 21.3 Å². The van der Waals surface area contributed by atoms with Gasteiger partial charge in [0.1, 0.15) is 0 Å². The van der Waals surface area contributed by atoms with Gasteiger partial charge in [0.15, 0.2) is 0 Å². The number of hydrogen-bond donors (Lipinski definition) is 1. The minimum Gasteiger partial charge on any atom is -0.480 e. The summed E-state index contributed by atoms with van der Waals surface area (Å²) in [5, 5.41) is 10.8. The standard InChI is InChI=1S/C11H16ClNO3S/c1-8(9-5-10(12)17-7-9)13(3-4-16-2)6-11(14)15/h5,7-8H,3-4,6H2,1-2H3,(H,14,15). The van der Waals surface area contributed by atoms with Crippen LogP contribution >= 0.6 is 22.9 Å². The van der Waals surface area contributed by atoms with Gasteiger partial charge in [0.25, 0.3) is 0 Å². The maximum absolute atomic E-state index is 10.8. The summed E-state index contributed by atoms with van der Waals surface area (Å²) in [5.74, 6) is -0.839. The minimum atomic E-state index is -0.839. The Kier molecular flexibility index (Phi) is 5.91. The number of hydrogen-bond acceptors (Lipinski definition) is 4. The van der Waals surface area contributed by atoms with Crippen LogP contribution in [-0.2, 0) is 9.53 Å². The summed E-state index contributed by atoms with van der Waals surface area (Å²) in [7, 11) is 1.60. The fraction of sp³-hybridized carbons (Fsp3) is 0.545. The number of thiophene rings is 1. The van der Waals surface area contributed by atoms with Gasteiger partial charge in [-0.05, 0) is 23.9 Å². The first-order valence-electron chi connectivity index (χ1n) is 5.23. The zero-order valence-corrected chi connectivity index (χ0v) is 11.4. The molecule has 0 aliphatic heterocycles. The topological polar surface area (TPSA) is 49.8 Å². The van der Waals surface area contributed by atoms with E-state index in [2.05, 4.69) is 0 Å². The zero-order valence-electron chi connectivity index (χ0n) is 9.85. The average Bonchev–Trinajstić information content (AvgIpc) is 2.69. The monoisotopic (exact) mass is 277 g/mol. The van der Waals surface area contributed by atoms with Crippen molar-refractivity contribution in [3.8, 4) is 0 Å². The van der Waals surface area contributed by atoms with Crippen molar-refractivity contribution in [1.82, 2.24) is 4.90 Å². The van der Waals surface area contributed by atoms with Crippen LogP contribution in [0.3, 0.4) is 0 Å². The number of carboxylic acids is 1. The summed E-state index contributed by atoms with van der Waals surface area (Å²) in [6.45, 7) is 3.06. The van der Waals surface area contributed by atoms with Gasteiger partial charge in [-0.3, -0.25) is 9.69 Å². The van der Waals surface area contributed by atoms with Gasteiger partial charge in [-0.1, -0.05) is 11.6 Å². The lowest BCUT2D eigenvalue weighted by Gasteiger charge is -2.26. The van der Waals surface area contributed by atoms with Crippen LogP contribution in [0.5, 0.6) is 0 Å². The molecule has 0 bridgehead atoms. The molecule has 0 radical (unpaired) electrons. The predicted molar refractivity (Wildman–Crippen MR) is 68.8 cm³/mol. The largest absolute Gasteiger partial charge is 0.480 e. The SMILES string of the molecule is COCCN(CC(=O)O)C(C)c1csc(Cl)c1. The molecule has 0 aromatic carbocycles. The van der Waals surface area contributed by atoms with Crippen molar-refractivity contribution in [2.45, 2.75) is 13.0 Å². The highest BCUT2D eigenvalue weighted by Gasteiger charge is 2.19. The van der Waals surface area contributed by atoms with Crippen LogP contribution in [0.15, 0.2) is 11.4 Å². The molecule has 0 saturated carbocycles. The maximum Gasteiger partial charge on any atom is 0.317 e. The van der Waals surface area contributed by atoms with Crippen LogP contribution in [0, 0.1) is 0 Å². The van der Waals surface area contributed by atoms with E-state index in [1.165, 1.54) is 11.3 Å². The van der Waals surface area contributed by atoms with Crippen LogP contribution in [0.25, 0.3) is 0 Å². The molecule has 0 amide bonds. The Morgan fingerprint density at radius 2 is 2.41 bits per heavy atom. The molecule has 0 aliphatic rings. The molecule has 0 spiro atoms. The van der Waals surface area contributed by atoms with E-state index in [1.807, 2.05) is 23.3 Å². The number of nitrogens with zero attached hydrogens (tertiary/aromatic N) is 1. The maximum atomic E-state index is 10.8. The second-order valence-corrected chi connectivity index (χ2v) is 5.26. The van der Waals surface area contributed by atoms with Gasteiger partial charge >= 0.3 is 5.97 Å². The third-order valence-corrected chi connectivity index (χ3v) is 3.65. The molecule has 0 saturated heterocycles. The summed E-state index contributed by atoms with van der Waals surface area (Å²) in [6, 6.07) is 1.89. The fourth-order valence-electron chi connectivity index (χ4n) is 1.55. The van der Waals surface area contributed by atoms with Crippen molar-refractivity contribution in [2.75, 3.05) is 26.8 Å². The molecule has 1 atom stereocenters. The highest BCUT2D eigenvalue weighted by Crippen LogP contribution is 2.27. The van der Waals surface area contributed by atoms with E-state index in [0.717, 1.165) is 5.56 Å². The van der Waals surface area contributed by atoms with Crippen LogP contribution < -0.4 is 0 Å². The highest BCUT2D eigenvalue weighted by molar-refractivity contribution is 7.14. The molecule has 0 aliphatic carbocycles. The van der Waals surface area contributed by atoms with E-state index in [0.29, 0.717) is 17.5 Å². The third kappa shape index (κ3) is 4.63. The molecule has 1 aromatic heterocycles. The van der Waals surface area contributed by atoms with Crippen molar-refractivity contribution >= 4 is 28.9 Å². The summed E-state index contributed by atoms with van der Waals surface area (Å²) in [6.07, 6.45) is 0. The van der Waals surface area contributed by atoms with Gasteiger partial charge < -0.3 is 9.84 Å². The lowest BCUT2D eigenvalue weighted by atomic mass is 10.1. The molecule has 1 unspecified atom stereocenters. The summed E-state index contributed by atoms with van der Waals surface area (Å²) in [4.78, 5) is 12.7. The molecule has 96 valence electrons. The second-order valence-electron chi connectivity index (χ2n) is 3.72. The number of methoxy groups -OCH3 is 1. The number of carbonyl (C=O) groups is 1. The fourth-order valence-corrected chi connectivity index (χ4v) is 2.52. The molecule has 17 heavy (non-hydrogen) atoms. The van der Waals surface area contributed by atoms with E-state index in [1.54, 1.807) is 7.11 Å². The Morgan fingerprint density at radius 3 is 2.88 bits per heavy atom. The molecular formula is C11H16ClNO3S. The lowest BCUT2D eigenvalue weighted by Crippen LogP contribution is -2.34. The van der Waals surface area contributed by atoms with E-state index in [-0.39, 0.29) is 12.6 Å².